The zero-order valence-corrected chi connectivity index (χ0v) is 18.0. The SMILES string of the molecule is C=Cc1ncc2c(=O)n(-c3ccccc3)[nH]c2c1N=CN1CCN(c2ccc(F)cc2)CC1. The average molecular weight is 442 g/mol. The molecule has 0 saturated carbocycles. The first kappa shape index (κ1) is 20.7. The van der Waals surface area contributed by atoms with E-state index in [0.717, 1.165) is 37.6 Å². The van der Waals surface area contributed by atoms with Crippen LogP contribution in [0.4, 0.5) is 15.8 Å². The van der Waals surface area contributed by atoms with Gasteiger partial charge in [-0.15, -0.1) is 0 Å². The molecule has 0 unspecified atom stereocenters. The number of nitrogens with one attached hydrogen (secondary N) is 1. The number of benzene rings is 2. The molecular weight excluding hydrogens is 419 g/mol. The molecule has 0 aliphatic carbocycles. The molecular formula is C25H23FN6O. The number of aromatic nitrogens is 3. The van der Waals surface area contributed by atoms with Crippen LogP contribution in [0, 0.1) is 5.82 Å². The molecule has 0 spiro atoms. The van der Waals surface area contributed by atoms with Gasteiger partial charge in [0.15, 0.2) is 0 Å². The Morgan fingerprint density at radius 2 is 1.73 bits per heavy atom. The number of piperazine rings is 1. The lowest BCUT2D eigenvalue weighted by Gasteiger charge is -2.35. The molecule has 0 atom stereocenters. The summed E-state index contributed by atoms with van der Waals surface area (Å²) in [5, 5.41) is 3.66. The van der Waals surface area contributed by atoms with Crippen molar-refractivity contribution in [1.82, 2.24) is 19.7 Å². The first-order valence-corrected chi connectivity index (χ1v) is 10.7. The second-order valence-corrected chi connectivity index (χ2v) is 7.82. The molecule has 3 heterocycles. The number of hydrogen-bond donors (Lipinski definition) is 1. The van der Waals surface area contributed by atoms with Gasteiger partial charge in [0.2, 0.25) is 0 Å². The highest BCUT2D eigenvalue weighted by Crippen LogP contribution is 2.27. The van der Waals surface area contributed by atoms with E-state index in [1.165, 1.54) is 16.8 Å². The van der Waals surface area contributed by atoms with E-state index in [-0.39, 0.29) is 11.4 Å². The molecule has 1 aliphatic rings. The van der Waals surface area contributed by atoms with Gasteiger partial charge in [-0.1, -0.05) is 24.8 Å². The van der Waals surface area contributed by atoms with E-state index in [4.69, 9.17) is 4.99 Å². The summed E-state index contributed by atoms with van der Waals surface area (Å²) in [6, 6.07) is 16.0. The summed E-state index contributed by atoms with van der Waals surface area (Å²) in [4.78, 5) is 26.4. The second kappa shape index (κ2) is 8.74. The largest absolute Gasteiger partial charge is 0.368 e. The zero-order chi connectivity index (χ0) is 22.8. The number of fused-ring (bicyclic) bond motifs is 1. The summed E-state index contributed by atoms with van der Waals surface area (Å²) in [6.07, 6.45) is 4.99. The summed E-state index contributed by atoms with van der Waals surface area (Å²) in [5.41, 5.74) is 3.38. The number of H-pyrrole nitrogens is 1. The Balaban J connectivity index is 1.41. The van der Waals surface area contributed by atoms with Gasteiger partial charge in [0.25, 0.3) is 5.56 Å². The number of para-hydroxylation sites is 1. The number of nitrogens with zero attached hydrogens (tertiary/aromatic N) is 5. The van der Waals surface area contributed by atoms with Gasteiger partial charge in [-0.2, -0.15) is 0 Å². The fraction of sp³-hybridized carbons (Fsp3) is 0.160. The minimum absolute atomic E-state index is 0.177. The van der Waals surface area contributed by atoms with E-state index in [1.807, 2.05) is 30.3 Å². The third-order valence-electron chi connectivity index (χ3n) is 5.80. The quantitative estimate of drug-likeness (QED) is 0.375. The number of aliphatic imine (C=N–C) groups is 1. The van der Waals surface area contributed by atoms with Gasteiger partial charge in [-0.25, -0.2) is 14.1 Å². The van der Waals surface area contributed by atoms with Crippen molar-refractivity contribution >= 4 is 34.7 Å². The number of pyridine rings is 1. The van der Waals surface area contributed by atoms with Crippen molar-refractivity contribution < 1.29 is 4.39 Å². The van der Waals surface area contributed by atoms with Crippen LogP contribution in [-0.4, -0.2) is 52.2 Å². The molecule has 1 aliphatic heterocycles. The number of anilines is 1. The normalized spacial score (nSPS) is 14.3. The second-order valence-electron chi connectivity index (χ2n) is 7.82. The van der Waals surface area contributed by atoms with E-state index in [1.54, 1.807) is 30.7 Å². The highest BCUT2D eigenvalue weighted by Gasteiger charge is 2.17. The molecule has 5 rings (SSSR count). The molecule has 2 aromatic carbocycles. The maximum Gasteiger partial charge on any atom is 0.280 e. The summed E-state index contributed by atoms with van der Waals surface area (Å²) in [5.74, 6) is -0.232. The molecule has 1 saturated heterocycles. The lowest BCUT2D eigenvalue weighted by atomic mass is 10.2. The molecule has 33 heavy (non-hydrogen) atoms. The topological polar surface area (TPSA) is 69.5 Å². The van der Waals surface area contributed by atoms with Gasteiger partial charge in [0.1, 0.15) is 11.5 Å². The van der Waals surface area contributed by atoms with Crippen LogP contribution in [-0.2, 0) is 0 Å². The van der Waals surface area contributed by atoms with E-state index in [9.17, 15) is 9.18 Å². The van der Waals surface area contributed by atoms with Gasteiger partial charge in [0.05, 0.1) is 28.6 Å². The van der Waals surface area contributed by atoms with Crippen LogP contribution in [0.5, 0.6) is 0 Å². The zero-order valence-electron chi connectivity index (χ0n) is 18.0. The van der Waals surface area contributed by atoms with Crippen LogP contribution in [0.25, 0.3) is 22.7 Å². The van der Waals surface area contributed by atoms with Crippen LogP contribution < -0.4 is 10.5 Å². The predicted molar refractivity (Wildman–Crippen MR) is 130 cm³/mol. The molecule has 0 radical (unpaired) electrons. The lowest BCUT2D eigenvalue weighted by molar-refractivity contribution is 0.396. The van der Waals surface area contributed by atoms with Gasteiger partial charge < -0.3 is 9.80 Å². The van der Waals surface area contributed by atoms with Crippen molar-refractivity contribution in [3.63, 3.8) is 0 Å². The Labute approximate surface area is 190 Å². The molecule has 8 heteroatoms. The minimum atomic E-state index is -0.232. The van der Waals surface area contributed by atoms with Gasteiger partial charge in [-0.3, -0.25) is 14.9 Å². The smallest absolute Gasteiger partial charge is 0.280 e. The van der Waals surface area contributed by atoms with E-state index in [0.29, 0.717) is 22.3 Å². The van der Waals surface area contributed by atoms with Gasteiger partial charge in [-0.05, 0) is 42.5 Å². The number of rotatable bonds is 5. The van der Waals surface area contributed by atoms with Crippen LogP contribution in [0.2, 0.25) is 0 Å². The first-order chi connectivity index (χ1) is 16.1. The fourth-order valence-electron chi connectivity index (χ4n) is 4.00. The summed E-state index contributed by atoms with van der Waals surface area (Å²) < 4.78 is 14.7. The van der Waals surface area contributed by atoms with E-state index < -0.39 is 0 Å². The van der Waals surface area contributed by atoms with Crippen LogP contribution in [0.1, 0.15) is 5.69 Å². The fourth-order valence-corrected chi connectivity index (χ4v) is 4.00. The number of halogens is 1. The predicted octanol–water partition coefficient (Wildman–Crippen LogP) is 3.98. The molecule has 7 nitrogen and oxygen atoms in total. The van der Waals surface area contributed by atoms with Crippen molar-refractivity contribution in [2.45, 2.75) is 0 Å². The first-order valence-electron chi connectivity index (χ1n) is 10.7. The van der Waals surface area contributed by atoms with E-state index >= 15 is 0 Å². The highest BCUT2D eigenvalue weighted by atomic mass is 19.1. The Bertz CT molecular complexity index is 1370. The van der Waals surface area contributed by atoms with Crippen LogP contribution >= 0.6 is 0 Å². The Hall–Kier alpha value is -4.20. The third-order valence-corrected chi connectivity index (χ3v) is 5.80. The maximum atomic E-state index is 13.2. The molecule has 0 bridgehead atoms. The van der Waals surface area contributed by atoms with Gasteiger partial charge in [0, 0.05) is 38.1 Å². The number of hydrogen-bond acceptors (Lipinski definition) is 4. The van der Waals surface area contributed by atoms with E-state index in [2.05, 4.69) is 26.5 Å². The molecule has 166 valence electrons. The van der Waals surface area contributed by atoms with Crippen molar-refractivity contribution in [2.75, 3.05) is 31.1 Å². The molecule has 0 amide bonds. The Morgan fingerprint density at radius 1 is 1.00 bits per heavy atom. The monoisotopic (exact) mass is 442 g/mol. The van der Waals surface area contributed by atoms with Crippen molar-refractivity contribution in [3.8, 4) is 5.69 Å². The van der Waals surface area contributed by atoms with Crippen molar-refractivity contribution in [2.24, 2.45) is 4.99 Å². The van der Waals surface area contributed by atoms with Gasteiger partial charge >= 0.3 is 0 Å². The number of aromatic amines is 1. The summed E-state index contributed by atoms with van der Waals surface area (Å²) in [6.45, 7) is 7.00. The van der Waals surface area contributed by atoms with Crippen LogP contribution in [0.3, 0.4) is 0 Å². The summed E-state index contributed by atoms with van der Waals surface area (Å²) >= 11 is 0. The molecule has 2 aromatic heterocycles. The lowest BCUT2D eigenvalue weighted by Crippen LogP contribution is -2.45. The molecule has 1 fully saturated rings. The van der Waals surface area contributed by atoms with Crippen molar-refractivity contribution in [3.05, 3.63) is 89.2 Å². The molecule has 4 aromatic rings. The van der Waals surface area contributed by atoms with Crippen molar-refractivity contribution in [1.29, 1.82) is 0 Å². The standard InChI is InChI=1S/C25H23FN6O/c1-2-22-24(23-21(16-27-22)25(33)32(29-23)20-6-4-3-5-7-20)28-17-30-12-14-31(15-13-30)19-10-8-18(26)9-11-19/h2-11,16-17,29H,1,12-15H2. The third kappa shape index (κ3) is 4.03. The minimum Gasteiger partial charge on any atom is -0.368 e. The average Bonchev–Trinajstić information content (AvgIpc) is 3.20. The van der Waals surface area contributed by atoms with Crippen LogP contribution in [0.15, 0.2) is 77.2 Å². The Morgan fingerprint density at radius 3 is 2.42 bits per heavy atom. The maximum absolute atomic E-state index is 13.2. The summed E-state index contributed by atoms with van der Waals surface area (Å²) in [7, 11) is 0. The Kier molecular flexibility index (Phi) is 5.48. The molecule has 1 N–H and O–H groups in total. The highest BCUT2D eigenvalue weighted by molar-refractivity contribution is 5.93.